The Balaban J connectivity index is 0.00000400. The van der Waals surface area contributed by atoms with Gasteiger partial charge in [-0.2, -0.15) is 8.78 Å². The highest BCUT2D eigenvalue weighted by Gasteiger charge is 2.48. The van der Waals surface area contributed by atoms with Crippen LogP contribution in [-0.2, 0) is 9.53 Å². The normalized spacial score (nSPS) is 12.2. The van der Waals surface area contributed by atoms with Crippen LogP contribution in [0.4, 0.5) is 14.5 Å². The molecule has 0 amide bonds. The van der Waals surface area contributed by atoms with E-state index >= 15 is 0 Å². The molecule has 0 aliphatic rings. The van der Waals surface area contributed by atoms with Crippen molar-refractivity contribution in [2.45, 2.75) is 18.9 Å². The van der Waals surface area contributed by atoms with Gasteiger partial charge in [-0.15, -0.1) is 12.4 Å². The number of halogens is 3. The van der Waals surface area contributed by atoms with Crippen LogP contribution < -0.4 is 5.73 Å². The minimum atomic E-state index is -4.04. The summed E-state index contributed by atoms with van der Waals surface area (Å²) in [5.41, 5.74) is 4.12. The molecule has 3 N–H and O–H groups in total. The lowest BCUT2D eigenvalue weighted by Gasteiger charge is -2.21. The van der Waals surface area contributed by atoms with Gasteiger partial charge in [0.05, 0.1) is 11.5 Å². The van der Waals surface area contributed by atoms with E-state index in [0.717, 1.165) is 12.1 Å². The predicted octanol–water partition coefficient (Wildman–Crippen LogP) is 1.92. The van der Waals surface area contributed by atoms with Gasteiger partial charge >= 0.3 is 17.6 Å². The molecule has 0 bridgehead atoms. The second kappa shape index (κ2) is 7.14. The molecule has 0 aliphatic carbocycles. The Morgan fingerprint density at radius 2 is 2.14 bits per heavy atom. The molecular weight excluding hydrogens is 314 g/mol. The highest BCUT2D eigenvalue weighted by atomic mass is 35.5. The molecule has 0 heterocycles. The highest BCUT2D eigenvalue weighted by Crippen LogP contribution is 2.35. The molecule has 0 aromatic heterocycles. The molecule has 0 radical (unpaired) electrons. The van der Waals surface area contributed by atoms with Gasteiger partial charge in [-0.3, -0.25) is 10.1 Å². The first-order valence-corrected chi connectivity index (χ1v) is 5.49. The molecule has 7 nitrogen and oxygen atoms in total. The van der Waals surface area contributed by atoms with E-state index in [9.17, 15) is 28.8 Å². The second-order valence-corrected chi connectivity index (χ2v) is 3.83. The van der Waals surface area contributed by atoms with Gasteiger partial charge in [-0.1, -0.05) is 6.07 Å². The van der Waals surface area contributed by atoms with Crippen LogP contribution in [0, 0.1) is 10.1 Å². The molecule has 118 valence electrons. The van der Waals surface area contributed by atoms with Gasteiger partial charge in [-0.25, -0.2) is 4.79 Å². The lowest BCUT2D eigenvalue weighted by molar-refractivity contribution is -0.386. The van der Waals surface area contributed by atoms with Crippen LogP contribution in [0.25, 0.3) is 0 Å². The van der Waals surface area contributed by atoms with Crippen molar-refractivity contribution in [3.8, 4) is 5.75 Å². The van der Waals surface area contributed by atoms with Gasteiger partial charge < -0.3 is 15.6 Å². The van der Waals surface area contributed by atoms with E-state index in [0.29, 0.717) is 6.07 Å². The smallest absolute Gasteiger partial charge is 0.379 e. The first-order valence-electron chi connectivity index (χ1n) is 5.49. The number of hydrogen-bond acceptors (Lipinski definition) is 6. The summed E-state index contributed by atoms with van der Waals surface area (Å²) >= 11 is 0. The molecule has 0 unspecified atom stereocenters. The van der Waals surface area contributed by atoms with Crippen LogP contribution in [-0.4, -0.2) is 28.5 Å². The third kappa shape index (κ3) is 3.99. The maximum atomic E-state index is 13.7. The number of carbonyl (C=O) groups excluding carboxylic acids is 1. The topological polar surface area (TPSA) is 116 Å². The fourth-order valence-corrected chi connectivity index (χ4v) is 1.44. The minimum Gasteiger partial charge on any atom is -0.502 e. The van der Waals surface area contributed by atoms with Crippen LogP contribution in [0.1, 0.15) is 18.5 Å². The Hall–Kier alpha value is -2.00. The molecule has 0 aliphatic heterocycles. The van der Waals surface area contributed by atoms with E-state index in [1.165, 1.54) is 6.92 Å². The third-order valence-electron chi connectivity index (χ3n) is 2.49. The Kier molecular flexibility index (Phi) is 6.46. The summed E-state index contributed by atoms with van der Waals surface area (Å²) in [7, 11) is 0. The molecule has 21 heavy (non-hydrogen) atoms. The number of nitro groups is 1. The van der Waals surface area contributed by atoms with Gasteiger partial charge in [-0.05, 0) is 18.6 Å². The molecule has 0 fully saturated rings. The number of nitrogens with two attached hydrogens (primary N) is 1. The predicted molar refractivity (Wildman–Crippen MR) is 70.5 cm³/mol. The number of nitro benzene ring substituents is 1. The summed E-state index contributed by atoms with van der Waals surface area (Å²) in [6.07, 6.45) is 0. The van der Waals surface area contributed by atoms with Crippen molar-refractivity contribution in [3.05, 3.63) is 33.9 Å². The molecule has 0 saturated heterocycles. The number of phenolic OH excluding ortho intramolecular Hbond substituents is 1. The highest BCUT2D eigenvalue weighted by molar-refractivity contribution is 5.85. The molecule has 1 aromatic rings. The van der Waals surface area contributed by atoms with E-state index in [4.69, 9.17) is 5.73 Å². The summed E-state index contributed by atoms with van der Waals surface area (Å²) in [4.78, 5) is 20.8. The van der Waals surface area contributed by atoms with Crippen LogP contribution >= 0.6 is 12.4 Å². The fourth-order valence-electron chi connectivity index (χ4n) is 1.44. The number of carbonyl (C=O) groups is 1. The van der Waals surface area contributed by atoms with Gasteiger partial charge in [0.15, 0.2) is 5.75 Å². The van der Waals surface area contributed by atoms with Crippen molar-refractivity contribution in [2.24, 2.45) is 5.73 Å². The Morgan fingerprint density at radius 3 is 2.62 bits per heavy atom. The van der Waals surface area contributed by atoms with Gasteiger partial charge in [0.1, 0.15) is 6.04 Å². The standard InChI is InChI=1S/C11H12F2N2O5.ClH/c1-2-20-10(17)11(12,13)9(14)6-3-4-8(16)7(5-6)15(18)19;/h3-5,9,16H,2,14H2,1H3;1H/t9-;/m1./s1. The van der Waals surface area contributed by atoms with E-state index in [1.807, 2.05) is 0 Å². The number of benzene rings is 1. The molecule has 10 heteroatoms. The first kappa shape index (κ1) is 19.0. The lowest BCUT2D eigenvalue weighted by Crippen LogP contribution is -2.41. The van der Waals surface area contributed by atoms with Crippen LogP contribution in [0.5, 0.6) is 5.75 Å². The first-order chi connectivity index (χ1) is 9.21. The van der Waals surface area contributed by atoms with E-state index in [2.05, 4.69) is 4.74 Å². The number of esters is 1. The maximum absolute atomic E-state index is 13.7. The Morgan fingerprint density at radius 1 is 1.57 bits per heavy atom. The van der Waals surface area contributed by atoms with Crippen molar-refractivity contribution in [2.75, 3.05) is 6.61 Å². The SMILES string of the molecule is CCOC(=O)C(F)(F)[C@H](N)c1ccc(O)c([N+](=O)[O-])c1.Cl. The summed E-state index contributed by atoms with van der Waals surface area (Å²) in [6.45, 7) is 1.10. The van der Waals surface area contributed by atoms with Crippen molar-refractivity contribution < 1.29 is 28.3 Å². The average molecular weight is 327 g/mol. The zero-order valence-corrected chi connectivity index (χ0v) is 11.6. The van der Waals surface area contributed by atoms with Gasteiger partial charge in [0.2, 0.25) is 0 Å². The molecular formula is C11H13ClF2N2O5. The van der Waals surface area contributed by atoms with E-state index in [-0.39, 0.29) is 24.6 Å². The van der Waals surface area contributed by atoms with Crippen LogP contribution in [0.15, 0.2) is 18.2 Å². The average Bonchev–Trinajstić information content (AvgIpc) is 2.38. The Bertz CT molecular complexity index is 541. The number of alkyl halides is 2. The fraction of sp³-hybridized carbons (Fsp3) is 0.364. The second-order valence-electron chi connectivity index (χ2n) is 3.83. The number of hydrogen-bond donors (Lipinski definition) is 2. The van der Waals surface area contributed by atoms with Crippen LogP contribution in [0.2, 0.25) is 0 Å². The lowest BCUT2D eigenvalue weighted by atomic mass is 10.0. The van der Waals surface area contributed by atoms with E-state index in [1.54, 1.807) is 0 Å². The minimum absolute atomic E-state index is 0. The molecule has 1 atom stereocenters. The number of nitrogens with zero attached hydrogens (tertiary/aromatic N) is 1. The molecule has 1 aromatic carbocycles. The maximum Gasteiger partial charge on any atom is 0.379 e. The van der Waals surface area contributed by atoms with Crippen LogP contribution in [0.3, 0.4) is 0 Å². The number of aromatic hydroxyl groups is 1. The summed E-state index contributed by atoms with van der Waals surface area (Å²) < 4.78 is 31.6. The van der Waals surface area contributed by atoms with Gasteiger partial charge in [0, 0.05) is 6.07 Å². The zero-order valence-electron chi connectivity index (χ0n) is 10.8. The molecule has 0 spiro atoms. The van der Waals surface area contributed by atoms with Gasteiger partial charge in [0.25, 0.3) is 0 Å². The number of phenols is 1. The zero-order chi connectivity index (χ0) is 15.5. The largest absolute Gasteiger partial charge is 0.502 e. The monoisotopic (exact) mass is 326 g/mol. The molecule has 0 saturated carbocycles. The molecule has 1 rings (SSSR count). The van der Waals surface area contributed by atoms with Crippen molar-refractivity contribution in [3.63, 3.8) is 0 Å². The Labute approximate surface area is 124 Å². The quantitative estimate of drug-likeness (QED) is 0.485. The number of rotatable bonds is 5. The van der Waals surface area contributed by atoms with Crippen molar-refractivity contribution >= 4 is 24.1 Å². The number of ether oxygens (including phenoxy) is 1. The summed E-state index contributed by atoms with van der Waals surface area (Å²) in [6, 6.07) is 0.391. The van der Waals surface area contributed by atoms with E-state index < -0.39 is 34.3 Å². The summed E-state index contributed by atoms with van der Waals surface area (Å²) in [5, 5.41) is 19.8. The summed E-state index contributed by atoms with van der Waals surface area (Å²) in [5.74, 6) is -6.55. The van der Waals surface area contributed by atoms with Crippen molar-refractivity contribution in [1.82, 2.24) is 0 Å². The third-order valence-corrected chi connectivity index (χ3v) is 2.49. The van der Waals surface area contributed by atoms with Crippen molar-refractivity contribution in [1.29, 1.82) is 0 Å².